The van der Waals surface area contributed by atoms with Crippen molar-refractivity contribution in [3.05, 3.63) is 71.6 Å². The van der Waals surface area contributed by atoms with Crippen LogP contribution in [0.1, 0.15) is 30.0 Å². The van der Waals surface area contributed by atoms with Crippen molar-refractivity contribution in [1.82, 2.24) is 4.98 Å². The number of pyridine rings is 1. The second-order valence-corrected chi connectivity index (χ2v) is 7.23. The lowest BCUT2D eigenvalue weighted by atomic mass is 9.87. The van der Waals surface area contributed by atoms with Gasteiger partial charge in [0, 0.05) is 34.6 Å². The molecular formula is C20H20INO. The summed E-state index contributed by atoms with van der Waals surface area (Å²) in [5, 5.41) is 0. The van der Waals surface area contributed by atoms with Crippen LogP contribution in [0.2, 0.25) is 0 Å². The summed E-state index contributed by atoms with van der Waals surface area (Å²) in [6.07, 6.45) is 20.8. The maximum atomic E-state index is 6.26. The molecule has 0 bridgehead atoms. The Labute approximate surface area is 151 Å². The Hall–Kier alpha value is -1.36. The molecule has 23 heavy (non-hydrogen) atoms. The number of hydrogen-bond donors (Lipinski definition) is 0. The van der Waals surface area contributed by atoms with Crippen molar-refractivity contribution in [3.63, 3.8) is 0 Å². The molecule has 3 atom stereocenters. The molecule has 0 N–H and O–H groups in total. The van der Waals surface area contributed by atoms with Gasteiger partial charge >= 0.3 is 0 Å². The van der Waals surface area contributed by atoms with Gasteiger partial charge in [0.15, 0.2) is 0 Å². The SMILES string of the molecule is ICC1C=CC=CC1c1cc2c(cn1)CC(C1=CC=CCC1)O2. The zero-order valence-electron chi connectivity index (χ0n) is 13.0. The second kappa shape index (κ2) is 6.63. The molecule has 1 aliphatic heterocycles. The number of fused-ring (bicyclic) bond motifs is 1. The molecule has 3 heteroatoms. The average Bonchev–Trinajstić information content (AvgIpc) is 3.05. The van der Waals surface area contributed by atoms with Gasteiger partial charge in [-0.25, -0.2) is 0 Å². The Morgan fingerprint density at radius 2 is 2.13 bits per heavy atom. The van der Waals surface area contributed by atoms with E-state index in [9.17, 15) is 0 Å². The van der Waals surface area contributed by atoms with Crippen molar-refractivity contribution in [2.24, 2.45) is 5.92 Å². The molecule has 0 fully saturated rings. The molecule has 0 spiro atoms. The minimum absolute atomic E-state index is 0.203. The number of rotatable bonds is 3. The summed E-state index contributed by atoms with van der Waals surface area (Å²) in [7, 11) is 0. The molecule has 118 valence electrons. The Bertz CT molecular complexity index is 716. The third-order valence-corrected chi connectivity index (χ3v) is 5.88. The van der Waals surface area contributed by atoms with Crippen LogP contribution in [0.25, 0.3) is 0 Å². The largest absolute Gasteiger partial charge is 0.485 e. The van der Waals surface area contributed by atoms with E-state index in [4.69, 9.17) is 9.72 Å². The Balaban J connectivity index is 1.57. The average molecular weight is 417 g/mol. The normalized spacial score (nSPS) is 28.4. The Morgan fingerprint density at radius 1 is 1.22 bits per heavy atom. The summed E-state index contributed by atoms with van der Waals surface area (Å²) in [5.41, 5.74) is 3.79. The summed E-state index contributed by atoms with van der Waals surface area (Å²) in [6, 6.07) is 2.17. The standard InChI is InChI=1S/C20H20INO/c21-12-15-8-4-5-9-17(15)18-11-20-16(13-22-18)10-19(23-20)14-6-2-1-3-7-14/h1-2,4-6,8-9,11,13,15,17,19H,3,7,10,12H2. The molecule has 2 heterocycles. The minimum Gasteiger partial charge on any atom is -0.485 e. The van der Waals surface area contributed by atoms with Gasteiger partial charge in [-0.1, -0.05) is 65.1 Å². The quantitative estimate of drug-likeness (QED) is 0.515. The molecule has 3 unspecified atom stereocenters. The number of ether oxygens (including phenoxy) is 1. The van der Waals surface area contributed by atoms with E-state index >= 15 is 0 Å². The fraction of sp³-hybridized carbons (Fsp3) is 0.350. The second-order valence-electron chi connectivity index (χ2n) is 6.35. The van der Waals surface area contributed by atoms with E-state index in [2.05, 4.69) is 71.2 Å². The van der Waals surface area contributed by atoms with Crippen LogP contribution in [0.5, 0.6) is 5.75 Å². The first-order chi connectivity index (χ1) is 11.3. The van der Waals surface area contributed by atoms with Crippen molar-refractivity contribution in [1.29, 1.82) is 0 Å². The van der Waals surface area contributed by atoms with Crippen LogP contribution in [-0.2, 0) is 6.42 Å². The van der Waals surface area contributed by atoms with Crippen molar-refractivity contribution in [2.75, 3.05) is 4.43 Å². The third-order valence-electron chi connectivity index (χ3n) is 4.87. The highest BCUT2D eigenvalue weighted by Crippen LogP contribution is 2.37. The van der Waals surface area contributed by atoms with E-state index in [1.165, 1.54) is 11.1 Å². The first-order valence-corrected chi connectivity index (χ1v) is 9.80. The molecule has 2 nitrogen and oxygen atoms in total. The highest BCUT2D eigenvalue weighted by molar-refractivity contribution is 14.1. The fourth-order valence-corrected chi connectivity index (χ4v) is 4.38. The molecule has 1 aromatic rings. The summed E-state index contributed by atoms with van der Waals surface area (Å²) in [6.45, 7) is 0. The molecule has 2 aliphatic carbocycles. The molecule has 0 radical (unpaired) electrons. The van der Waals surface area contributed by atoms with E-state index in [0.29, 0.717) is 11.8 Å². The fourth-order valence-electron chi connectivity index (χ4n) is 3.54. The molecule has 0 amide bonds. The monoisotopic (exact) mass is 417 g/mol. The van der Waals surface area contributed by atoms with Gasteiger partial charge in [0.1, 0.15) is 11.9 Å². The maximum Gasteiger partial charge on any atom is 0.126 e. The van der Waals surface area contributed by atoms with Crippen molar-refractivity contribution in [3.8, 4) is 5.75 Å². The molecule has 0 saturated heterocycles. The van der Waals surface area contributed by atoms with Crippen LogP contribution in [0, 0.1) is 5.92 Å². The zero-order valence-corrected chi connectivity index (χ0v) is 15.1. The van der Waals surface area contributed by atoms with E-state index in [0.717, 1.165) is 35.1 Å². The Kier molecular flexibility index (Phi) is 4.38. The third kappa shape index (κ3) is 3.03. The van der Waals surface area contributed by atoms with Gasteiger partial charge in [-0.2, -0.15) is 0 Å². The minimum atomic E-state index is 0.203. The lowest BCUT2D eigenvalue weighted by Gasteiger charge is -2.22. The lowest BCUT2D eigenvalue weighted by molar-refractivity contribution is 0.265. The number of aromatic nitrogens is 1. The number of hydrogen-bond acceptors (Lipinski definition) is 2. The van der Waals surface area contributed by atoms with Crippen LogP contribution in [-0.4, -0.2) is 15.5 Å². The first-order valence-electron chi connectivity index (χ1n) is 8.27. The van der Waals surface area contributed by atoms with Gasteiger partial charge < -0.3 is 4.74 Å². The van der Waals surface area contributed by atoms with Crippen LogP contribution < -0.4 is 4.74 Å². The number of halogens is 1. The summed E-state index contributed by atoms with van der Waals surface area (Å²) >= 11 is 2.46. The van der Waals surface area contributed by atoms with Crippen LogP contribution in [0.4, 0.5) is 0 Å². The van der Waals surface area contributed by atoms with Gasteiger partial charge in [0.2, 0.25) is 0 Å². The highest BCUT2D eigenvalue weighted by atomic mass is 127. The smallest absolute Gasteiger partial charge is 0.126 e. The summed E-state index contributed by atoms with van der Waals surface area (Å²) < 4.78 is 7.36. The highest BCUT2D eigenvalue weighted by Gasteiger charge is 2.28. The maximum absolute atomic E-state index is 6.26. The molecule has 3 aliphatic rings. The van der Waals surface area contributed by atoms with Gasteiger partial charge in [-0.05, 0) is 24.3 Å². The van der Waals surface area contributed by atoms with Crippen molar-refractivity contribution >= 4 is 22.6 Å². The predicted octanol–water partition coefficient (Wildman–Crippen LogP) is 4.92. The van der Waals surface area contributed by atoms with E-state index < -0.39 is 0 Å². The molecule has 0 aromatic carbocycles. The molecule has 4 rings (SSSR count). The van der Waals surface area contributed by atoms with Crippen molar-refractivity contribution < 1.29 is 4.74 Å². The van der Waals surface area contributed by atoms with Crippen LogP contribution >= 0.6 is 22.6 Å². The predicted molar refractivity (Wildman–Crippen MR) is 102 cm³/mol. The van der Waals surface area contributed by atoms with Gasteiger partial charge in [-0.15, -0.1) is 0 Å². The van der Waals surface area contributed by atoms with E-state index in [1.54, 1.807) is 0 Å². The van der Waals surface area contributed by atoms with Crippen molar-refractivity contribution in [2.45, 2.75) is 31.3 Å². The van der Waals surface area contributed by atoms with Gasteiger partial charge in [-0.3, -0.25) is 4.98 Å². The van der Waals surface area contributed by atoms with E-state index in [1.807, 2.05) is 6.20 Å². The lowest BCUT2D eigenvalue weighted by Crippen LogP contribution is -2.17. The Morgan fingerprint density at radius 3 is 2.96 bits per heavy atom. The topological polar surface area (TPSA) is 22.1 Å². The molecular weight excluding hydrogens is 397 g/mol. The number of allylic oxidation sites excluding steroid dienone is 7. The summed E-state index contributed by atoms with van der Waals surface area (Å²) in [5.74, 6) is 1.92. The van der Waals surface area contributed by atoms with Crippen LogP contribution in [0.15, 0.2) is 60.4 Å². The zero-order chi connectivity index (χ0) is 15.6. The number of nitrogens with zero attached hydrogens (tertiary/aromatic N) is 1. The van der Waals surface area contributed by atoms with Crippen LogP contribution in [0.3, 0.4) is 0 Å². The first kappa shape index (κ1) is 15.2. The van der Waals surface area contributed by atoms with E-state index in [-0.39, 0.29) is 6.10 Å². The molecule has 1 aromatic heterocycles. The van der Waals surface area contributed by atoms with Gasteiger partial charge in [0.05, 0.1) is 5.69 Å². The van der Waals surface area contributed by atoms with Gasteiger partial charge in [0.25, 0.3) is 0 Å². The number of alkyl halides is 1. The molecule has 0 saturated carbocycles. The summed E-state index contributed by atoms with van der Waals surface area (Å²) in [4.78, 5) is 4.75.